The van der Waals surface area contributed by atoms with Gasteiger partial charge in [-0.3, -0.25) is 4.79 Å². The molecule has 1 N–H and O–H groups in total. The van der Waals surface area contributed by atoms with Crippen LogP contribution in [-0.2, 0) is 14.8 Å². The average Bonchev–Trinajstić information content (AvgIpc) is 2.68. The summed E-state index contributed by atoms with van der Waals surface area (Å²) in [7, 11) is -2.13. The van der Waals surface area contributed by atoms with Crippen LogP contribution >= 0.6 is 11.6 Å². The predicted octanol–water partition coefficient (Wildman–Crippen LogP) is 3.70. The first kappa shape index (κ1) is 20.6. The van der Waals surface area contributed by atoms with Crippen LogP contribution in [0.1, 0.15) is 18.4 Å². The number of rotatable bonds is 5. The molecule has 1 heterocycles. The second-order valence-corrected chi connectivity index (χ2v) is 9.21. The zero-order chi connectivity index (χ0) is 20.3. The van der Waals surface area contributed by atoms with Gasteiger partial charge < -0.3 is 10.1 Å². The monoisotopic (exact) mass is 422 g/mol. The normalized spacial score (nSPS) is 17.9. The van der Waals surface area contributed by atoms with Crippen molar-refractivity contribution in [3.8, 4) is 5.75 Å². The van der Waals surface area contributed by atoms with E-state index in [0.29, 0.717) is 35.8 Å². The van der Waals surface area contributed by atoms with Gasteiger partial charge in [0, 0.05) is 23.8 Å². The minimum absolute atomic E-state index is 0.153. The van der Waals surface area contributed by atoms with Crippen molar-refractivity contribution in [3.63, 3.8) is 0 Å². The van der Waals surface area contributed by atoms with Crippen LogP contribution in [0.3, 0.4) is 0 Å². The number of carbonyl (C=O) groups is 1. The Kier molecular flexibility index (Phi) is 6.27. The highest BCUT2D eigenvalue weighted by Gasteiger charge is 2.33. The summed E-state index contributed by atoms with van der Waals surface area (Å²) in [6, 6.07) is 11.7. The zero-order valence-corrected chi connectivity index (χ0v) is 17.4. The predicted molar refractivity (Wildman–Crippen MR) is 109 cm³/mol. The summed E-state index contributed by atoms with van der Waals surface area (Å²) >= 11 is 5.95. The van der Waals surface area contributed by atoms with Crippen LogP contribution in [0.25, 0.3) is 0 Å². The first-order valence-corrected chi connectivity index (χ1v) is 10.8. The van der Waals surface area contributed by atoms with Crippen LogP contribution in [0.5, 0.6) is 5.75 Å². The fraction of sp³-hybridized carbons (Fsp3) is 0.350. The molecular weight excluding hydrogens is 400 g/mol. The average molecular weight is 423 g/mol. The molecule has 1 aliphatic rings. The Balaban J connectivity index is 1.74. The third-order valence-corrected chi connectivity index (χ3v) is 6.95. The van der Waals surface area contributed by atoms with Crippen molar-refractivity contribution in [1.29, 1.82) is 0 Å². The van der Waals surface area contributed by atoms with Gasteiger partial charge in [0.25, 0.3) is 0 Å². The van der Waals surface area contributed by atoms with Gasteiger partial charge in [-0.25, -0.2) is 8.42 Å². The van der Waals surface area contributed by atoms with Gasteiger partial charge in [0.05, 0.1) is 17.9 Å². The number of aryl methyl sites for hydroxylation is 1. The number of hydrogen-bond acceptors (Lipinski definition) is 4. The smallest absolute Gasteiger partial charge is 0.243 e. The van der Waals surface area contributed by atoms with E-state index in [0.717, 1.165) is 5.56 Å². The lowest BCUT2D eigenvalue weighted by molar-refractivity contribution is -0.120. The topological polar surface area (TPSA) is 75.7 Å². The summed E-state index contributed by atoms with van der Waals surface area (Å²) in [6.07, 6.45) is 1.27. The maximum absolute atomic E-state index is 13.0. The van der Waals surface area contributed by atoms with Gasteiger partial charge in [-0.1, -0.05) is 17.7 Å². The molecule has 8 heteroatoms. The fourth-order valence-electron chi connectivity index (χ4n) is 3.35. The molecule has 0 aliphatic carbocycles. The first-order valence-electron chi connectivity index (χ1n) is 9.02. The third kappa shape index (κ3) is 4.48. The summed E-state index contributed by atoms with van der Waals surface area (Å²) in [4.78, 5) is 12.8. The van der Waals surface area contributed by atoms with Crippen molar-refractivity contribution in [2.24, 2.45) is 5.92 Å². The number of halogens is 1. The Morgan fingerprint density at radius 3 is 2.71 bits per heavy atom. The maximum Gasteiger partial charge on any atom is 0.243 e. The van der Waals surface area contributed by atoms with E-state index >= 15 is 0 Å². The maximum atomic E-state index is 13.0. The van der Waals surface area contributed by atoms with Crippen LogP contribution in [0.4, 0.5) is 5.69 Å². The minimum atomic E-state index is -3.68. The van der Waals surface area contributed by atoms with E-state index in [1.54, 1.807) is 50.4 Å². The van der Waals surface area contributed by atoms with Crippen LogP contribution in [0, 0.1) is 12.8 Å². The van der Waals surface area contributed by atoms with E-state index in [4.69, 9.17) is 16.3 Å². The van der Waals surface area contributed by atoms with Crippen molar-refractivity contribution in [3.05, 3.63) is 53.1 Å². The molecule has 0 saturated carbocycles. The second-order valence-electron chi connectivity index (χ2n) is 6.83. The third-order valence-electron chi connectivity index (χ3n) is 4.85. The molecule has 1 atom stereocenters. The highest BCUT2D eigenvalue weighted by molar-refractivity contribution is 7.89. The molecule has 1 fully saturated rings. The second kappa shape index (κ2) is 8.51. The van der Waals surface area contributed by atoms with Crippen molar-refractivity contribution >= 4 is 33.2 Å². The highest BCUT2D eigenvalue weighted by atomic mass is 35.5. The summed E-state index contributed by atoms with van der Waals surface area (Å²) in [5, 5.41) is 3.36. The van der Waals surface area contributed by atoms with Gasteiger partial charge in [-0.05, 0) is 61.7 Å². The Hall–Kier alpha value is -2.09. The number of amides is 1. The number of carbonyl (C=O) groups excluding carboxylic acids is 1. The van der Waals surface area contributed by atoms with Crippen LogP contribution in [-0.4, -0.2) is 38.8 Å². The highest BCUT2D eigenvalue weighted by Crippen LogP contribution is 2.28. The molecule has 1 aliphatic heterocycles. The molecule has 3 rings (SSSR count). The largest absolute Gasteiger partial charge is 0.496 e. The van der Waals surface area contributed by atoms with Crippen LogP contribution < -0.4 is 10.1 Å². The number of sulfonamides is 1. The number of benzene rings is 2. The van der Waals surface area contributed by atoms with Gasteiger partial charge in [-0.15, -0.1) is 0 Å². The van der Waals surface area contributed by atoms with Crippen LogP contribution in [0.2, 0.25) is 5.02 Å². The fourth-order valence-corrected chi connectivity index (χ4v) is 5.15. The lowest BCUT2D eigenvalue weighted by Crippen LogP contribution is -2.43. The van der Waals surface area contributed by atoms with E-state index in [1.165, 1.54) is 10.4 Å². The number of methoxy groups -OCH3 is 1. The quantitative estimate of drug-likeness (QED) is 0.797. The van der Waals surface area contributed by atoms with E-state index in [1.807, 2.05) is 0 Å². The first-order chi connectivity index (χ1) is 13.3. The Labute approximate surface area is 170 Å². The van der Waals surface area contributed by atoms with Crippen molar-refractivity contribution in [1.82, 2.24) is 4.31 Å². The van der Waals surface area contributed by atoms with Gasteiger partial charge in [0.2, 0.25) is 15.9 Å². The van der Waals surface area contributed by atoms with Gasteiger partial charge >= 0.3 is 0 Å². The minimum Gasteiger partial charge on any atom is -0.496 e. The van der Waals surface area contributed by atoms with Crippen molar-refractivity contribution in [2.75, 3.05) is 25.5 Å². The van der Waals surface area contributed by atoms with Gasteiger partial charge in [-0.2, -0.15) is 4.31 Å². The number of hydrogen-bond donors (Lipinski definition) is 1. The molecule has 1 amide bonds. The summed E-state index contributed by atoms with van der Waals surface area (Å²) in [6.45, 7) is 2.35. The molecule has 2 aromatic rings. The molecule has 0 bridgehead atoms. The lowest BCUT2D eigenvalue weighted by atomic mass is 9.99. The number of nitrogens with one attached hydrogen (secondary N) is 1. The molecule has 1 unspecified atom stereocenters. The zero-order valence-electron chi connectivity index (χ0n) is 15.8. The molecular formula is C20H23ClN2O4S. The summed E-state index contributed by atoms with van der Waals surface area (Å²) < 4.78 is 32.7. The number of anilines is 1. The number of ether oxygens (including phenoxy) is 1. The standard InChI is InChI=1S/C20H23ClN2O4S/c1-14-11-18(8-9-19(14)27-2)28(25,26)23-10-4-5-15(13-23)20(24)22-17-7-3-6-16(21)12-17/h3,6-9,11-12,15H,4-5,10,13H2,1-2H3,(H,22,24). The Morgan fingerprint density at radius 1 is 1.25 bits per heavy atom. The summed E-state index contributed by atoms with van der Waals surface area (Å²) in [5.41, 5.74) is 1.35. The number of nitrogens with zero attached hydrogens (tertiary/aromatic N) is 1. The molecule has 0 aromatic heterocycles. The Bertz CT molecular complexity index is 978. The van der Waals surface area contributed by atoms with E-state index in [-0.39, 0.29) is 17.3 Å². The number of piperidine rings is 1. The van der Waals surface area contributed by atoms with Crippen LogP contribution in [0.15, 0.2) is 47.4 Å². The van der Waals surface area contributed by atoms with E-state index in [2.05, 4.69) is 5.32 Å². The molecule has 0 radical (unpaired) electrons. The summed E-state index contributed by atoms with van der Waals surface area (Å²) in [5.74, 6) is 0.0197. The molecule has 2 aromatic carbocycles. The van der Waals surface area contributed by atoms with Gasteiger partial charge in [0.15, 0.2) is 0 Å². The molecule has 1 saturated heterocycles. The van der Waals surface area contributed by atoms with E-state index < -0.39 is 15.9 Å². The van der Waals surface area contributed by atoms with Crippen molar-refractivity contribution < 1.29 is 17.9 Å². The van der Waals surface area contributed by atoms with Gasteiger partial charge in [0.1, 0.15) is 5.75 Å². The SMILES string of the molecule is COc1ccc(S(=O)(=O)N2CCCC(C(=O)Nc3cccc(Cl)c3)C2)cc1C. The molecule has 150 valence electrons. The molecule has 0 spiro atoms. The van der Waals surface area contributed by atoms with Crippen molar-refractivity contribution in [2.45, 2.75) is 24.7 Å². The Morgan fingerprint density at radius 2 is 2.04 bits per heavy atom. The molecule has 28 heavy (non-hydrogen) atoms. The molecule has 6 nitrogen and oxygen atoms in total. The van der Waals surface area contributed by atoms with E-state index in [9.17, 15) is 13.2 Å². The lowest BCUT2D eigenvalue weighted by Gasteiger charge is -2.31.